The molecular weight excluding hydrogens is 340 g/mol. The van der Waals surface area contributed by atoms with E-state index < -0.39 is 0 Å². The molecule has 2 aromatic carbocycles. The number of morpholine rings is 1. The number of rotatable bonds is 5. The second kappa shape index (κ2) is 8.21. The molecule has 4 rings (SSSR count). The first-order chi connectivity index (χ1) is 13.2. The molecule has 5 heteroatoms. The fourth-order valence-electron chi connectivity index (χ4n) is 3.99. The highest BCUT2D eigenvalue weighted by Gasteiger charge is 2.22. The Morgan fingerprint density at radius 1 is 1.19 bits per heavy atom. The van der Waals surface area contributed by atoms with Gasteiger partial charge >= 0.3 is 0 Å². The number of hydrogen-bond acceptors (Lipinski definition) is 4. The van der Waals surface area contributed by atoms with E-state index in [9.17, 15) is 9.90 Å². The third-order valence-corrected chi connectivity index (χ3v) is 5.56. The predicted octanol–water partition coefficient (Wildman–Crippen LogP) is 2.62. The molecule has 2 aromatic rings. The summed E-state index contributed by atoms with van der Waals surface area (Å²) in [4.78, 5) is 14.9. The molecule has 1 amide bonds. The van der Waals surface area contributed by atoms with Gasteiger partial charge in [0, 0.05) is 24.3 Å². The molecule has 1 aliphatic carbocycles. The minimum Gasteiger partial charge on any atom is -0.395 e. The Hall–Kier alpha value is -2.21. The number of benzene rings is 2. The molecule has 0 aromatic heterocycles. The first-order valence-corrected chi connectivity index (χ1v) is 9.68. The molecule has 5 nitrogen and oxygen atoms in total. The summed E-state index contributed by atoms with van der Waals surface area (Å²) in [6.45, 7) is 2.92. The second-order valence-electron chi connectivity index (χ2n) is 7.33. The number of aliphatic hydroxyl groups excluding tert-OH is 1. The first kappa shape index (κ1) is 18.2. The minimum absolute atomic E-state index is 0.0434. The molecule has 142 valence electrons. The highest BCUT2D eigenvalue weighted by atomic mass is 16.5. The van der Waals surface area contributed by atoms with Crippen LogP contribution in [0.2, 0.25) is 0 Å². The van der Waals surface area contributed by atoms with Crippen molar-refractivity contribution in [2.75, 3.05) is 31.7 Å². The number of amides is 1. The standard InChI is InChI=1S/C22H26N2O3/c25-14-19-15-27-12-11-24(19)13-16-7-9-18(10-8-16)22(26)23-21-6-2-4-17-3-1-5-20(17)21/h2,4,6-10,19,25H,1,3,5,11-15H2,(H,23,26). The molecule has 2 N–H and O–H groups in total. The van der Waals surface area contributed by atoms with Gasteiger partial charge in [0.05, 0.1) is 25.9 Å². The number of aryl methyl sites for hydroxylation is 1. The minimum atomic E-state index is -0.0681. The quantitative estimate of drug-likeness (QED) is 0.854. The van der Waals surface area contributed by atoms with Crippen LogP contribution in [0.15, 0.2) is 42.5 Å². The molecule has 1 aliphatic heterocycles. The normalized spacial score (nSPS) is 19.7. The Morgan fingerprint density at radius 3 is 2.85 bits per heavy atom. The van der Waals surface area contributed by atoms with Crippen molar-refractivity contribution in [2.24, 2.45) is 0 Å². The number of carbonyl (C=O) groups is 1. The molecule has 1 unspecified atom stereocenters. The third-order valence-electron chi connectivity index (χ3n) is 5.56. The van der Waals surface area contributed by atoms with Gasteiger partial charge in [-0.15, -0.1) is 0 Å². The van der Waals surface area contributed by atoms with Gasteiger partial charge in [-0.1, -0.05) is 24.3 Å². The lowest BCUT2D eigenvalue weighted by Crippen LogP contribution is -2.46. The van der Waals surface area contributed by atoms with Crippen molar-refractivity contribution in [3.8, 4) is 0 Å². The van der Waals surface area contributed by atoms with E-state index in [1.54, 1.807) is 0 Å². The lowest BCUT2D eigenvalue weighted by atomic mass is 10.1. The molecule has 0 radical (unpaired) electrons. The van der Waals surface area contributed by atoms with Crippen LogP contribution in [0.4, 0.5) is 5.69 Å². The molecule has 1 fully saturated rings. The summed E-state index contributed by atoms with van der Waals surface area (Å²) in [6, 6.07) is 13.9. The average Bonchev–Trinajstić information content (AvgIpc) is 3.19. The summed E-state index contributed by atoms with van der Waals surface area (Å²) < 4.78 is 5.43. The van der Waals surface area contributed by atoms with E-state index in [4.69, 9.17) is 4.74 Å². The predicted molar refractivity (Wildman–Crippen MR) is 105 cm³/mol. The number of aliphatic hydroxyl groups is 1. The molecule has 0 bridgehead atoms. The molecule has 1 atom stereocenters. The van der Waals surface area contributed by atoms with Crippen molar-refractivity contribution < 1.29 is 14.6 Å². The molecule has 1 heterocycles. The van der Waals surface area contributed by atoms with Gasteiger partial charge < -0.3 is 15.2 Å². The van der Waals surface area contributed by atoms with E-state index in [1.165, 1.54) is 11.1 Å². The van der Waals surface area contributed by atoms with E-state index in [0.717, 1.165) is 43.6 Å². The topological polar surface area (TPSA) is 61.8 Å². The van der Waals surface area contributed by atoms with Crippen LogP contribution in [0.5, 0.6) is 0 Å². The van der Waals surface area contributed by atoms with E-state index in [1.807, 2.05) is 36.4 Å². The van der Waals surface area contributed by atoms with Gasteiger partial charge in [-0.2, -0.15) is 0 Å². The van der Waals surface area contributed by atoms with Crippen LogP contribution in [0.1, 0.15) is 33.5 Å². The van der Waals surface area contributed by atoms with Crippen LogP contribution in [0.25, 0.3) is 0 Å². The zero-order valence-electron chi connectivity index (χ0n) is 15.5. The molecule has 0 saturated carbocycles. The number of nitrogens with zero attached hydrogens (tertiary/aromatic N) is 1. The molecular formula is C22H26N2O3. The molecule has 2 aliphatic rings. The lowest BCUT2D eigenvalue weighted by Gasteiger charge is -2.34. The van der Waals surface area contributed by atoms with Crippen LogP contribution in [0.3, 0.4) is 0 Å². The number of nitrogens with one attached hydrogen (secondary N) is 1. The Kier molecular flexibility index (Phi) is 5.53. The van der Waals surface area contributed by atoms with Crippen molar-refractivity contribution in [2.45, 2.75) is 31.8 Å². The lowest BCUT2D eigenvalue weighted by molar-refractivity contribution is -0.0312. The Labute approximate surface area is 160 Å². The summed E-state index contributed by atoms with van der Waals surface area (Å²) in [6.07, 6.45) is 3.30. The van der Waals surface area contributed by atoms with E-state index in [-0.39, 0.29) is 18.6 Å². The number of fused-ring (bicyclic) bond motifs is 1. The van der Waals surface area contributed by atoms with Crippen molar-refractivity contribution in [3.05, 3.63) is 64.7 Å². The van der Waals surface area contributed by atoms with E-state index in [2.05, 4.69) is 16.3 Å². The Morgan fingerprint density at radius 2 is 2.04 bits per heavy atom. The van der Waals surface area contributed by atoms with Gasteiger partial charge in [0.15, 0.2) is 0 Å². The van der Waals surface area contributed by atoms with Crippen molar-refractivity contribution >= 4 is 11.6 Å². The molecule has 27 heavy (non-hydrogen) atoms. The summed E-state index contributed by atoms with van der Waals surface area (Å²) >= 11 is 0. The number of anilines is 1. The van der Waals surface area contributed by atoms with Gasteiger partial charge in [0.2, 0.25) is 0 Å². The summed E-state index contributed by atoms with van der Waals surface area (Å²) in [5.74, 6) is -0.0681. The third kappa shape index (κ3) is 4.05. The Balaban J connectivity index is 1.41. The van der Waals surface area contributed by atoms with Crippen LogP contribution in [-0.2, 0) is 24.1 Å². The average molecular weight is 366 g/mol. The summed E-state index contributed by atoms with van der Waals surface area (Å²) in [5, 5.41) is 12.6. The van der Waals surface area contributed by atoms with Crippen LogP contribution in [-0.4, -0.2) is 48.3 Å². The fraction of sp³-hybridized carbons (Fsp3) is 0.409. The van der Waals surface area contributed by atoms with Crippen molar-refractivity contribution in [1.82, 2.24) is 4.90 Å². The first-order valence-electron chi connectivity index (χ1n) is 9.68. The van der Waals surface area contributed by atoms with Gasteiger partial charge in [0.1, 0.15) is 0 Å². The monoisotopic (exact) mass is 366 g/mol. The van der Waals surface area contributed by atoms with E-state index in [0.29, 0.717) is 18.8 Å². The van der Waals surface area contributed by atoms with Crippen molar-refractivity contribution in [1.29, 1.82) is 0 Å². The van der Waals surface area contributed by atoms with Crippen LogP contribution < -0.4 is 5.32 Å². The van der Waals surface area contributed by atoms with Gasteiger partial charge in [-0.05, 0) is 54.2 Å². The number of hydrogen-bond donors (Lipinski definition) is 2. The SMILES string of the molecule is O=C(Nc1cccc2c1CCC2)c1ccc(CN2CCOCC2CO)cc1. The maximum absolute atomic E-state index is 12.6. The van der Waals surface area contributed by atoms with Gasteiger partial charge in [-0.25, -0.2) is 0 Å². The highest BCUT2D eigenvalue weighted by Crippen LogP contribution is 2.29. The number of ether oxygens (including phenoxy) is 1. The molecule has 0 spiro atoms. The van der Waals surface area contributed by atoms with Gasteiger partial charge in [0.25, 0.3) is 5.91 Å². The zero-order valence-corrected chi connectivity index (χ0v) is 15.5. The maximum atomic E-state index is 12.6. The van der Waals surface area contributed by atoms with Gasteiger partial charge in [-0.3, -0.25) is 9.69 Å². The maximum Gasteiger partial charge on any atom is 0.255 e. The largest absolute Gasteiger partial charge is 0.395 e. The summed E-state index contributed by atoms with van der Waals surface area (Å²) in [5.41, 5.74) is 5.37. The number of carbonyl (C=O) groups excluding carboxylic acids is 1. The Bertz CT molecular complexity index is 804. The van der Waals surface area contributed by atoms with Crippen LogP contribution in [0, 0.1) is 0 Å². The second-order valence-corrected chi connectivity index (χ2v) is 7.33. The van der Waals surface area contributed by atoms with E-state index >= 15 is 0 Å². The fourth-order valence-corrected chi connectivity index (χ4v) is 3.99. The summed E-state index contributed by atoms with van der Waals surface area (Å²) in [7, 11) is 0. The van der Waals surface area contributed by atoms with Crippen LogP contribution >= 0.6 is 0 Å². The zero-order chi connectivity index (χ0) is 18.6. The smallest absolute Gasteiger partial charge is 0.255 e. The highest BCUT2D eigenvalue weighted by molar-refractivity contribution is 6.04. The molecule has 1 saturated heterocycles. The van der Waals surface area contributed by atoms with Crippen molar-refractivity contribution in [3.63, 3.8) is 0 Å².